The van der Waals surface area contributed by atoms with Crippen LogP contribution in [0.2, 0.25) is 0 Å². The van der Waals surface area contributed by atoms with Crippen LogP contribution in [0.1, 0.15) is 32.0 Å². The fourth-order valence-corrected chi connectivity index (χ4v) is 6.69. The molecule has 16 heteroatoms. The van der Waals surface area contributed by atoms with E-state index in [2.05, 4.69) is 15.2 Å². The summed E-state index contributed by atoms with van der Waals surface area (Å²) < 4.78 is 48.3. The second-order valence-electron chi connectivity index (χ2n) is 10.8. The number of nitrogen functional groups attached to an aromatic ring is 1. The number of nitriles is 1. The van der Waals surface area contributed by atoms with E-state index in [1.807, 2.05) is 12.1 Å². The highest BCUT2D eigenvalue weighted by atomic mass is 32.2. The molecule has 5 unspecified atom stereocenters. The van der Waals surface area contributed by atoms with Crippen LogP contribution in [0.25, 0.3) is 5.52 Å². The molecule has 3 heterocycles. The number of ether oxygens (including phenoxy) is 1. The molecule has 1 saturated heterocycles. The first-order valence-electron chi connectivity index (χ1n) is 13.3. The first-order chi connectivity index (χ1) is 20.3. The highest BCUT2D eigenvalue weighted by Crippen LogP contribution is 2.51. The number of nitrogens with one attached hydrogen (secondary N) is 1. The van der Waals surface area contributed by atoms with Crippen molar-refractivity contribution in [1.29, 1.82) is 5.26 Å². The fraction of sp³-hybridized carbons (Fsp3) is 0.481. The minimum atomic E-state index is -4.13. The number of carbonyl (C=O) groups is 1. The summed E-state index contributed by atoms with van der Waals surface area (Å²) in [5, 5.41) is 37.1. The Morgan fingerprint density at radius 2 is 2.05 bits per heavy atom. The number of anilines is 1. The second-order valence-corrected chi connectivity index (χ2v) is 13.7. The lowest BCUT2D eigenvalue weighted by molar-refractivity contribution is -0.119. The Morgan fingerprint density at radius 3 is 2.72 bits per heavy atom. The number of halogens is 1. The van der Waals surface area contributed by atoms with Gasteiger partial charge in [0.15, 0.2) is 16.6 Å². The summed E-state index contributed by atoms with van der Waals surface area (Å²) in [7, 11) is -4.13. The van der Waals surface area contributed by atoms with Crippen molar-refractivity contribution in [2.24, 2.45) is 5.41 Å². The number of aliphatic hydroxyl groups is 2. The van der Waals surface area contributed by atoms with Gasteiger partial charge in [0.05, 0.1) is 30.9 Å². The zero-order valence-corrected chi connectivity index (χ0v) is 25.6. The Balaban J connectivity index is 1.51. The quantitative estimate of drug-likeness (QED) is 0.158. The number of hydrogen-bond acceptors (Lipinski definition) is 12. The molecule has 0 amide bonds. The number of rotatable bonds is 13. The molecule has 1 aliphatic heterocycles. The van der Waals surface area contributed by atoms with E-state index in [0.717, 1.165) is 30.6 Å². The van der Waals surface area contributed by atoms with Crippen molar-refractivity contribution in [3.8, 4) is 6.07 Å². The Kier molecular flexibility index (Phi) is 9.95. The maximum atomic E-state index is 16.3. The lowest BCUT2D eigenvalue weighted by Crippen LogP contribution is -2.48. The molecule has 43 heavy (non-hydrogen) atoms. The van der Waals surface area contributed by atoms with Crippen molar-refractivity contribution >= 4 is 36.0 Å². The van der Waals surface area contributed by atoms with Crippen LogP contribution in [0.4, 0.5) is 10.2 Å². The molecule has 2 aromatic heterocycles. The molecule has 0 aliphatic carbocycles. The van der Waals surface area contributed by atoms with Gasteiger partial charge in [0.25, 0.3) is 0 Å². The number of thioether (sulfide) groups is 1. The molecule has 1 aromatic carbocycles. The van der Waals surface area contributed by atoms with Gasteiger partial charge >= 0.3 is 7.75 Å². The maximum absolute atomic E-state index is 16.3. The first-order valence-corrected chi connectivity index (χ1v) is 15.8. The normalized spacial score (nSPS) is 25.4. The fourth-order valence-electron chi connectivity index (χ4n) is 4.45. The number of alkyl halides is 1. The van der Waals surface area contributed by atoms with Crippen LogP contribution in [0.5, 0.6) is 0 Å². The van der Waals surface area contributed by atoms with Crippen molar-refractivity contribution in [3.05, 3.63) is 60.0 Å². The molecule has 3 aromatic rings. The van der Waals surface area contributed by atoms with E-state index >= 15 is 4.39 Å². The van der Waals surface area contributed by atoms with E-state index in [-0.39, 0.29) is 42.1 Å². The van der Waals surface area contributed by atoms with Crippen LogP contribution >= 0.6 is 19.5 Å². The molecule has 13 nitrogen and oxygen atoms in total. The van der Waals surface area contributed by atoms with Gasteiger partial charge in [-0.2, -0.15) is 10.4 Å². The van der Waals surface area contributed by atoms with Gasteiger partial charge in [0.2, 0.25) is 5.60 Å². The molecule has 1 aliphatic rings. The molecule has 0 spiro atoms. The topological polar surface area (TPSA) is 194 Å². The van der Waals surface area contributed by atoms with Crippen LogP contribution in [-0.2, 0) is 35.3 Å². The zero-order valence-electron chi connectivity index (χ0n) is 23.8. The van der Waals surface area contributed by atoms with Crippen LogP contribution in [0.3, 0.4) is 0 Å². The third-order valence-electron chi connectivity index (χ3n) is 7.18. The molecule has 5 N–H and O–H groups in total. The SMILES string of the molecule is CC(C)(CO)C(=O)SCCOP(=O)(NCc1ccccc1)OCC1OC(C#N)(c2ccc3c(N)ncnn23)C(C)(F)C1O. The molecular weight excluding hydrogens is 602 g/mol. The molecule has 0 saturated carbocycles. The molecule has 5 atom stereocenters. The molecule has 232 valence electrons. The van der Waals surface area contributed by atoms with Crippen molar-refractivity contribution in [3.63, 3.8) is 0 Å². The second kappa shape index (κ2) is 13.0. The summed E-state index contributed by atoms with van der Waals surface area (Å²) in [4.78, 5) is 16.2. The first kappa shape index (κ1) is 33.0. The van der Waals surface area contributed by atoms with Gasteiger partial charge in [0.1, 0.15) is 30.1 Å². The summed E-state index contributed by atoms with van der Waals surface area (Å²) in [5.41, 5.74) is 0.978. The zero-order chi connectivity index (χ0) is 31.5. The maximum Gasteiger partial charge on any atom is 0.405 e. The van der Waals surface area contributed by atoms with Gasteiger partial charge in [-0.3, -0.25) is 13.8 Å². The Bertz CT molecular complexity index is 1530. The minimum Gasteiger partial charge on any atom is -0.395 e. The van der Waals surface area contributed by atoms with Crippen LogP contribution in [0, 0.1) is 16.7 Å². The summed E-state index contributed by atoms with van der Waals surface area (Å²) in [6.45, 7) is 3.18. The van der Waals surface area contributed by atoms with E-state index in [0.29, 0.717) is 5.52 Å². The molecule has 0 bridgehead atoms. The Morgan fingerprint density at radius 1 is 1.33 bits per heavy atom. The number of nitrogens with two attached hydrogens (primary N) is 1. The van der Waals surface area contributed by atoms with Crippen molar-refractivity contribution in [2.75, 3.05) is 31.3 Å². The number of fused-ring (bicyclic) bond motifs is 1. The monoisotopic (exact) mass is 636 g/mol. The number of nitrogens with zero attached hydrogens (tertiary/aromatic N) is 4. The lowest BCUT2D eigenvalue weighted by Gasteiger charge is -2.30. The minimum absolute atomic E-state index is 0.0280. The van der Waals surface area contributed by atoms with Gasteiger partial charge in [-0.05, 0) is 38.5 Å². The van der Waals surface area contributed by atoms with E-state index in [1.165, 1.54) is 16.6 Å². The predicted molar refractivity (Wildman–Crippen MR) is 156 cm³/mol. The van der Waals surface area contributed by atoms with Gasteiger partial charge < -0.3 is 20.7 Å². The number of hydrogen-bond donors (Lipinski definition) is 4. The molecule has 1 fully saturated rings. The average molecular weight is 637 g/mol. The Labute approximate surface area is 252 Å². The van der Waals surface area contributed by atoms with E-state index in [4.69, 9.17) is 19.5 Å². The smallest absolute Gasteiger partial charge is 0.395 e. The van der Waals surface area contributed by atoms with Gasteiger partial charge in [-0.1, -0.05) is 42.1 Å². The summed E-state index contributed by atoms with van der Waals surface area (Å²) >= 11 is 0.909. The molecule has 4 rings (SSSR count). The summed E-state index contributed by atoms with van der Waals surface area (Å²) in [6, 6.07) is 13.8. The standard InChI is InChI=1S/C27H34FN6O7PS/c1-25(2,16-35)24(37)43-12-11-39-42(38,33-13-18-7-5-4-6-8-18)40-14-20-22(36)26(3,28)27(15-29,41-20)21-10-9-19-23(30)31-17-32-34(19)21/h4-10,17,20,22,35-36H,11-14,16H2,1-3H3,(H,33,38)(H2,30,31,32). The van der Waals surface area contributed by atoms with Gasteiger partial charge in [-0.15, -0.1) is 0 Å². The predicted octanol–water partition coefficient (Wildman–Crippen LogP) is 2.73. The van der Waals surface area contributed by atoms with Crippen molar-refractivity contribution < 1.29 is 37.7 Å². The average Bonchev–Trinajstić information content (AvgIpc) is 3.52. The van der Waals surface area contributed by atoms with E-state index in [9.17, 15) is 24.8 Å². The van der Waals surface area contributed by atoms with Crippen LogP contribution in [0.15, 0.2) is 48.8 Å². The highest BCUT2D eigenvalue weighted by molar-refractivity contribution is 8.13. The van der Waals surface area contributed by atoms with Crippen molar-refractivity contribution in [2.45, 2.75) is 50.8 Å². The van der Waals surface area contributed by atoms with Gasteiger partial charge in [0, 0.05) is 12.3 Å². The number of aromatic nitrogens is 3. The summed E-state index contributed by atoms with van der Waals surface area (Å²) in [5.74, 6) is 0.202. The Hall–Kier alpha value is -2.93. The van der Waals surface area contributed by atoms with Crippen LogP contribution < -0.4 is 10.8 Å². The highest BCUT2D eigenvalue weighted by Gasteiger charge is 2.67. The third kappa shape index (κ3) is 6.62. The largest absolute Gasteiger partial charge is 0.405 e. The molecule has 0 radical (unpaired) electrons. The number of carbonyl (C=O) groups excluding carboxylic acids is 1. The lowest BCUT2D eigenvalue weighted by atomic mass is 9.82. The van der Waals surface area contributed by atoms with Gasteiger partial charge in [-0.25, -0.2) is 23.5 Å². The molecular formula is C27H34FN6O7PS. The van der Waals surface area contributed by atoms with Crippen molar-refractivity contribution in [1.82, 2.24) is 19.7 Å². The number of benzene rings is 1. The number of aliphatic hydroxyl groups excluding tert-OH is 2. The van der Waals surface area contributed by atoms with E-state index in [1.54, 1.807) is 38.1 Å². The third-order valence-corrected chi connectivity index (χ3v) is 9.92. The summed E-state index contributed by atoms with van der Waals surface area (Å²) in [6.07, 6.45) is -2.19. The van der Waals surface area contributed by atoms with Crippen LogP contribution in [-0.4, -0.2) is 73.4 Å². The van der Waals surface area contributed by atoms with E-state index < -0.39 is 43.2 Å².